The van der Waals surface area contributed by atoms with Crippen LogP contribution in [0.25, 0.3) is 11.0 Å². The van der Waals surface area contributed by atoms with Gasteiger partial charge in [0.1, 0.15) is 5.03 Å². The van der Waals surface area contributed by atoms with E-state index >= 15 is 0 Å². The van der Waals surface area contributed by atoms with Crippen molar-refractivity contribution in [2.45, 2.75) is 17.1 Å². The maximum atomic E-state index is 4.46. The summed E-state index contributed by atoms with van der Waals surface area (Å²) in [5.74, 6) is 0.567. The van der Waals surface area contributed by atoms with Gasteiger partial charge in [0.05, 0.1) is 11.6 Å². The van der Waals surface area contributed by atoms with E-state index in [-0.39, 0.29) is 0 Å². The van der Waals surface area contributed by atoms with Gasteiger partial charge in [-0.15, -0.1) is 0 Å². The monoisotopic (exact) mass is 273 g/mol. The van der Waals surface area contributed by atoms with Gasteiger partial charge in [-0.05, 0) is 24.8 Å². The summed E-state index contributed by atoms with van der Waals surface area (Å²) < 4.78 is 0. The fourth-order valence-electron chi connectivity index (χ4n) is 1.55. The lowest BCUT2D eigenvalue weighted by molar-refractivity contribution is 0.959. The number of aromatic nitrogens is 6. The molecule has 0 fully saturated rings. The van der Waals surface area contributed by atoms with Gasteiger partial charge >= 0.3 is 0 Å². The summed E-state index contributed by atoms with van der Waals surface area (Å²) in [5.41, 5.74) is 0.699. The first-order valence-electron chi connectivity index (χ1n) is 5.76. The van der Waals surface area contributed by atoms with E-state index in [0.29, 0.717) is 16.8 Å². The lowest BCUT2D eigenvalue weighted by atomic mass is 10.4. The van der Waals surface area contributed by atoms with Crippen molar-refractivity contribution in [2.24, 2.45) is 0 Å². The van der Waals surface area contributed by atoms with Crippen molar-refractivity contribution >= 4 is 28.7 Å². The molecule has 19 heavy (non-hydrogen) atoms. The maximum absolute atomic E-state index is 4.46. The molecule has 0 aliphatic heterocycles. The quantitative estimate of drug-likeness (QED) is 0.552. The molecule has 0 aliphatic carbocycles. The van der Waals surface area contributed by atoms with E-state index in [9.17, 15) is 0 Å². The van der Waals surface area contributed by atoms with Crippen molar-refractivity contribution in [3.63, 3.8) is 0 Å². The Morgan fingerprint density at radius 2 is 2.11 bits per heavy atom. The topological polar surface area (TPSA) is 92.3 Å². The number of nitrogens with one attached hydrogen (secondary N) is 2. The molecule has 8 heteroatoms. The SMILES string of the molecule is CCNc1nc(Sc2ncccn2)c2cn[nH]c2n1. The number of fused-ring (bicyclic) bond motifs is 1. The first-order chi connectivity index (χ1) is 9.36. The largest absolute Gasteiger partial charge is 0.354 e. The molecule has 3 heterocycles. The van der Waals surface area contributed by atoms with Crippen molar-refractivity contribution in [2.75, 3.05) is 11.9 Å². The minimum Gasteiger partial charge on any atom is -0.354 e. The van der Waals surface area contributed by atoms with Crippen LogP contribution in [-0.4, -0.2) is 36.7 Å². The summed E-state index contributed by atoms with van der Waals surface area (Å²) in [6.07, 6.45) is 5.11. The molecule has 3 aromatic rings. The third-order valence-electron chi connectivity index (χ3n) is 2.34. The Morgan fingerprint density at radius 3 is 2.89 bits per heavy atom. The zero-order valence-corrected chi connectivity index (χ0v) is 11.0. The minimum absolute atomic E-state index is 0.567. The molecule has 0 atom stereocenters. The second kappa shape index (κ2) is 5.19. The van der Waals surface area contributed by atoms with Crippen LogP contribution >= 0.6 is 11.8 Å². The number of H-pyrrole nitrogens is 1. The summed E-state index contributed by atoms with van der Waals surface area (Å²) in [6, 6.07) is 1.78. The molecule has 0 aliphatic rings. The molecule has 0 bridgehead atoms. The second-order valence-corrected chi connectivity index (χ2v) is 4.60. The highest BCUT2D eigenvalue weighted by atomic mass is 32.2. The van der Waals surface area contributed by atoms with E-state index in [2.05, 4.69) is 35.5 Å². The van der Waals surface area contributed by atoms with E-state index in [1.54, 1.807) is 24.7 Å². The van der Waals surface area contributed by atoms with E-state index < -0.39 is 0 Å². The molecule has 0 radical (unpaired) electrons. The molecule has 0 amide bonds. The van der Waals surface area contributed by atoms with Gasteiger partial charge in [-0.25, -0.2) is 15.0 Å². The van der Waals surface area contributed by atoms with Crippen LogP contribution in [0.1, 0.15) is 6.92 Å². The molecule has 0 spiro atoms. The first kappa shape index (κ1) is 11.8. The predicted octanol–water partition coefficient (Wildman–Crippen LogP) is 1.73. The van der Waals surface area contributed by atoms with Crippen molar-refractivity contribution in [3.05, 3.63) is 24.7 Å². The normalized spacial score (nSPS) is 10.8. The Morgan fingerprint density at radius 1 is 1.26 bits per heavy atom. The highest BCUT2D eigenvalue weighted by Crippen LogP contribution is 2.29. The fraction of sp³-hybridized carbons (Fsp3) is 0.182. The van der Waals surface area contributed by atoms with Crippen LogP contribution in [0.2, 0.25) is 0 Å². The lowest BCUT2D eigenvalue weighted by Crippen LogP contribution is -2.03. The van der Waals surface area contributed by atoms with Gasteiger partial charge in [0.25, 0.3) is 0 Å². The number of hydrogen-bond acceptors (Lipinski definition) is 7. The summed E-state index contributed by atoms with van der Waals surface area (Å²) in [6.45, 7) is 2.75. The van der Waals surface area contributed by atoms with Crippen LogP contribution in [0.3, 0.4) is 0 Å². The van der Waals surface area contributed by atoms with Crippen molar-refractivity contribution in [1.29, 1.82) is 0 Å². The second-order valence-electron chi connectivity index (χ2n) is 3.65. The Labute approximate surface area is 113 Å². The first-order valence-corrected chi connectivity index (χ1v) is 6.58. The van der Waals surface area contributed by atoms with Crippen LogP contribution in [0.15, 0.2) is 34.8 Å². The van der Waals surface area contributed by atoms with Crippen LogP contribution in [-0.2, 0) is 0 Å². The van der Waals surface area contributed by atoms with Crippen LogP contribution in [0.4, 0.5) is 5.95 Å². The molecule has 3 aromatic heterocycles. The highest BCUT2D eigenvalue weighted by molar-refractivity contribution is 7.99. The maximum Gasteiger partial charge on any atom is 0.225 e. The number of hydrogen-bond donors (Lipinski definition) is 2. The Balaban J connectivity index is 2.03. The van der Waals surface area contributed by atoms with Gasteiger partial charge in [-0.2, -0.15) is 10.1 Å². The number of anilines is 1. The third-order valence-corrected chi connectivity index (χ3v) is 3.24. The van der Waals surface area contributed by atoms with E-state index in [1.807, 2.05) is 6.92 Å². The zero-order valence-electron chi connectivity index (χ0n) is 10.2. The molecular weight excluding hydrogens is 262 g/mol. The average molecular weight is 273 g/mol. The van der Waals surface area contributed by atoms with Gasteiger partial charge in [0.15, 0.2) is 10.8 Å². The summed E-state index contributed by atoms with van der Waals surface area (Å²) in [7, 11) is 0. The summed E-state index contributed by atoms with van der Waals surface area (Å²) in [5, 5.41) is 12.2. The number of nitrogens with zero attached hydrogens (tertiary/aromatic N) is 5. The van der Waals surface area contributed by atoms with Crippen molar-refractivity contribution in [3.8, 4) is 0 Å². The van der Waals surface area contributed by atoms with E-state index in [4.69, 9.17) is 0 Å². The summed E-state index contributed by atoms with van der Waals surface area (Å²) >= 11 is 1.39. The molecule has 3 rings (SSSR count). The summed E-state index contributed by atoms with van der Waals surface area (Å²) in [4.78, 5) is 17.2. The van der Waals surface area contributed by atoms with E-state index in [0.717, 1.165) is 17.0 Å². The van der Waals surface area contributed by atoms with Gasteiger partial charge < -0.3 is 5.32 Å². The molecule has 96 valence electrons. The molecule has 2 N–H and O–H groups in total. The van der Waals surface area contributed by atoms with Gasteiger partial charge in [0.2, 0.25) is 5.95 Å². The molecule has 0 saturated heterocycles. The number of aromatic amines is 1. The number of rotatable bonds is 4. The predicted molar refractivity (Wildman–Crippen MR) is 72.0 cm³/mol. The lowest BCUT2D eigenvalue weighted by Gasteiger charge is -2.04. The Kier molecular flexibility index (Phi) is 3.23. The highest BCUT2D eigenvalue weighted by Gasteiger charge is 2.11. The molecule has 0 unspecified atom stereocenters. The van der Waals surface area contributed by atoms with Gasteiger partial charge in [-0.1, -0.05) is 0 Å². The minimum atomic E-state index is 0.567. The van der Waals surface area contributed by atoms with E-state index in [1.165, 1.54) is 11.8 Å². The van der Waals surface area contributed by atoms with Crippen molar-refractivity contribution < 1.29 is 0 Å². The van der Waals surface area contributed by atoms with Crippen molar-refractivity contribution in [1.82, 2.24) is 30.1 Å². The van der Waals surface area contributed by atoms with Gasteiger partial charge in [0, 0.05) is 18.9 Å². The third kappa shape index (κ3) is 2.48. The molecular formula is C11H11N7S. The zero-order chi connectivity index (χ0) is 13.1. The van der Waals surface area contributed by atoms with Gasteiger partial charge in [-0.3, -0.25) is 5.10 Å². The molecule has 7 nitrogen and oxygen atoms in total. The molecule has 0 aromatic carbocycles. The Hall–Kier alpha value is -2.22. The van der Waals surface area contributed by atoms with Crippen LogP contribution in [0, 0.1) is 0 Å². The fourth-order valence-corrected chi connectivity index (χ4v) is 2.34. The average Bonchev–Trinajstić information content (AvgIpc) is 2.89. The smallest absolute Gasteiger partial charge is 0.225 e. The molecule has 0 saturated carbocycles. The van der Waals surface area contributed by atoms with Crippen LogP contribution < -0.4 is 5.32 Å². The van der Waals surface area contributed by atoms with Crippen LogP contribution in [0.5, 0.6) is 0 Å². The standard InChI is InChI=1S/C11H11N7S/c1-2-12-10-16-8-7(6-15-18-8)9(17-10)19-11-13-4-3-5-14-11/h3-6H,2H2,1H3,(H2,12,15,16,17,18). The Bertz CT molecular complexity index is 682.